The first-order chi connectivity index (χ1) is 12.3. The quantitative estimate of drug-likeness (QED) is 0.629. The van der Waals surface area contributed by atoms with Gasteiger partial charge in [-0.2, -0.15) is 0 Å². The van der Waals surface area contributed by atoms with Crippen molar-refractivity contribution in [2.75, 3.05) is 0 Å². The molecule has 0 fully saturated rings. The van der Waals surface area contributed by atoms with Crippen LogP contribution in [-0.4, -0.2) is 0 Å². The Hall–Kier alpha value is -2.54. The molecule has 1 nitrogen and oxygen atoms in total. The maximum atomic E-state index is 6.06. The molecule has 1 heteroatoms. The smallest absolute Gasteiger partial charge is 0.135 e. The van der Waals surface area contributed by atoms with Crippen LogP contribution in [0.2, 0.25) is 0 Å². The number of rotatable bonds is 3. The van der Waals surface area contributed by atoms with Gasteiger partial charge in [-0.15, -0.1) is 0 Å². The maximum Gasteiger partial charge on any atom is 0.135 e. The van der Waals surface area contributed by atoms with E-state index in [2.05, 4.69) is 68.5 Å². The third kappa shape index (κ3) is 3.07. The second-order valence-corrected chi connectivity index (χ2v) is 6.88. The molecule has 1 atom stereocenters. The van der Waals surface area contributed by atoms with Gasteiger partial charge in [0.15, 0.2) is 0 Å². The molecule has 0 bridgehead atoms. The highest BCUT2D eigenvalue weighted by atomic mass is 16.3. The van der Waals surface area contributed by atoms with E-state index in [1.807, 2.05) is 12.1 Å². The van der Waals surface area contributed by atoms with Gasteiger partial charge < -0.3 is 4.42 Å². The largest absolute Gasteiger partial charge is 0.456 e. The topological polar surface area (TPSA) is 13.1 Å². The number of allylic oxidation sites excluding steroid dienone is 2. The third-order valence-corrected chi connectivity index (χ3v) is 5.32. The van der Waals surface area contributed by atoms with Gasteiger partial charge in [-0.3, -0.25) is 0 Å². The molecule has 4 rings (SSSR count). The Labute approximate surface area is 149 Å². The van der Waals surface area contributed by atoms with E-state index in [4.69, 9.17) is 4.42 Å². The minimum absolute atomic E-state index is 0.623. The summed E-state index contributed by atoms with van der Waals surface area (Å²) in [5.74, 6) is 0.623. The van der Waals surface area contributed by atoms with E-state index in [9.17, 15) is 0 Å². The first-order valence-electron chi connectivity index (χ1n) is 9.23. The lowest BCUT2D eigenvalue weighted by Gasteiger charge is -2.11. The molecule has 0 spiro atoms. The number of para-hydroxylation sites is 1. The minimum atomic E-state index is 0.623. The fourth-order valence-corrected chi connectivity index (χ4v) is 3.55. The van der Waals surface area contributed by atoms with Crippen molar-refractivity contribution in [3.8, 4) is 0 Å². The van der Waals surface area contributed by atoms with E-state index in [-0.39, 0.29) is 0 Å². The molecule has 1 aromatic heterocycles. The molecule has 1 aliphatic rings. The van der Waals surface area contributed by atoms with Gasteiger partial charge in [0.2, 0.25) is 0 Å². The Morgan fingerprint density at radius 1 is 0.960 bits per heavy atom. The van der Waals surface area contributed by atoms with E-state index in [1.165, 1.54) is 33.7 Å². The normalized spacial score (nSPS) is 20.2. The number of benzene rings is 2. The second-order valence-electron chi connectivity index (χ2n) is 6.88. The molecule has 0 radical (unpaired) electrons. The predicted octanol–water partition coefficient (Wildman–Crippen LogP) is 5.38. The van der Waals surface area contributed by atoms with E-state index < -0.39 is 0 Å². The maximum absolute atomic E-state index is 6.06. The van der Waals surface area contributed by atoms with Crippen LogP contribution in [0.5, 0.6) is 0 Å². The van der Waals surface area contributed by atoms with E-state index in [0.29, 0.717) is 5.92 Å². The molecule has 126 valence electrons. The molecule has 1 heterocycles. The molecule has 1 aliphatic carbocycles. The summed E-state index contributed by atoms with van der Waals surface area (Å²) in [7, 11) is 0. The van der Waals surface area contributed by atoms with Crippen LogP contribution < -0.4 is 10.6 Å². The summed E-state index contributed by atoms with van der Waals surface area (Å²) < 4.78 is 6.06. The van der Waals surface area contributed by atoms with Crippen molar-refractivity contribution >= 4 is 28.7 Å². The fraction of sp³-hybridized carbons (Fsp3) is 0.250. The molecule has 3 aromatic rings. The van der Waals surface area contributed by atoms with E-state index in [1.54, 1.807) is 0 Å². The average Bonchev–Trinajstić information content (AvgIpc) is 2.98. The van der Waals surface area contributed by atoms with Gasteiger partial charge in [0.25, 0.3) is 0 Å². The number of furan rings is 1. The van der Waals surface area contributed by atoms with Gasteiger partial charge in [-0.1, -0.05) is 68.5 Å². The van der Waals surface area contributed by atoms with Crippen molar-refractivity contribution in [2.45, 2.75) is 39.0 Å². The van der Waals surface area contributed by atoms with Crippen molar-refractivity contribution in [2.24, 2.45) is 0 Å². The molecule has 1 unspecified atom stereocenters. The molecule has 2 aromatic carbocycles. The Morgan fingerprint density at radius 3 is 2.56 bits per heavy atom. The predicted molar refractivity (Wildman–Crippen MR) is 107 cm³/mol. The van der Waals surface area contributed by atoms with Crippen LogP contribution >= 0.6 is 0 Å². The molecule has 0 aliphatic heterocycles. The summed E-state index contributed by atoms with van der Waals surface area (Å²) in [6.07, 6.45) is 9.87. The lowest BCUT2D eigenvalue weighted by molar-refractivity contribution is 0.574. The first kappa shape index (κ1) is 16.0. The van der Waals surface area contributed by atoms with Crippen LogP contribution in [0.15, 0.2) is 59.0 Å². The van der Waals surface area contributed by atoms with Crippen LogP contribution in [0, 0.1) is 0 Å². The Balaban J connectivity index is 1.68. The highest BCUT2D eigenvalue weighted by Gasteiger charge is 2.07. The summed E-state index contributed by atoms with van der Waals surface area (Å²) in [5.41, 5.74) is 6.09. The van der Waals surface area contributed by atoms with Crippen LogP contribution in [-0.2, 0) is 0 Å². The Morgan fingerprint density at radius 2 is 1.76 bits per heavy atom. The Bertz CT molecular complexity index is 1030. The zero-order valence-corrected chi connectivity index (χ0v) is 15.0. The Kier molecular flexibility index (Phi) is 4.31. The number of hydrogen-bond acceptors (Lipinski definition) is 1. The van der Waals surface area contributed by atoms with Gasteiger partial charge in [0.1, 0.15) is 11.0 Å². The van der Waals surface area contributed by atoms with Crippen LogP contribution in [0.25, 0.3) is 28.7 Å². The molecule has 0 saturated heterocycles. The van der Waals surface area contributed by atoms with Gasteiger partial charge >= 0.3 is 0 Å². The molecule has 25 heavy (non-hydrogen) atoms. The van der Waals surface area contributed by atoms with Crippen molar-refractivity contribution in [3.05, 3.63) is 76.4 Å². The van der Waals surface area contributed by atoms with Crippen LogP contribution in [0.1, 0.15) is 50.2 Å². The van der Waals surface area contributed by atoms with Gasteiger partial charge in [0.05, 0.1) is 0 Å². The fourth-order valence-electron chi connectivity index (χ4n) is 3.55. The highest BCUT2D eigenvalue weighted by molar-refractivity contribution is 5.80. The monoisotopic (exact) mass is 328 g/mol. The average molecular weight is 328 g/mol. The molecular weight excluding hydrogens is 304 g/mol. The highest BCUT2D eigenvalue weighted by Crippen LogP contribution is 2.24. The third-order valence-electron chi connectivity index (χ3n) is 5.32. The summed E-state index contributed by atoms with van der Waals surface area (Å²) in [6.45, 7) is 4.53. The zero-order valence-electron chi connectivity index (χ0n) is 15.0. The lowest BCUT2D eigenvalue weighted by Crippen LogP contribution is -2.20. The van der Waals surface area contributed by atoms with Gasteiger partial charge in [0, 0.05) is 10.6 Å². The van der Waals surface area contributed by atoms with Gasteiger partial charge in [-0.05, 0) is 54.0 Å². The van der Waals surface area contributed by atoms with Crippen molar-refractivity contribution < 1.29 is 4.42 Å². The number of hydrogen-bond donors (Lipinski definition) is 0. The summed E-state index contributed by atoms with van der Waals surface area (Å²) in [5, 5.41) is 2.45. The van der Waals surface area contributed by atoms with Crippen molar-refractivity contribution in [1.82, 2.24) is 0 Å². The summed E-state index contributed by atoms with van der Waals surface area (Å²) >= 11 is 0. The SMILES string of the molecule is CCC(C)c1ccc(/C2=C/C/C=c3\c(oc4ccccc34)=C/C2)cc1. The van der Waals surface area contributed by atoms with Gasteiger partial charge in [-0.25, -0.2) is 0 Å². The molecular formula is C24H24O. The molecule has 0 saturated carbocycles. The van der Waals surface area contributed by atoms with Crippen LogP contribution in [0.4, 0.5) is 0 Å². The summed E-state index contributed by atoms with van der Waals surface area (Å²) in [4.78, 5) is 0. The minimum Gasteiger partial charge on any atom is -0.456 e. The molecule has 0 amide bonds. The molecule has 0 N–H and O–H groups in total. The number of fused-ring (bicyclic) bond motifs is 3. The van der Waals surface area contributed by atoms with Crippen molar-refractivity contribution in [3.63, 3.8) is 0 Å². The second kappa shape index (κ2) is 6.76. The summed E-state index contributed by atoms with van der Waals surface area (Å²) in [6, 6.07) is 17.4. The standard InChI is InChI=1S/C24H24O/c1-3-17(2)18-11-13-20(14-12-18)19-7-6-9-22-21-8-4-5-10-23(21)25-24(22)16-15-19/h4-5,7-14,16-17H,3,6,15H2,1-2H3/b19-7+,22-9-,24-16+. The van der Waals surface area contributed by atoms with Crippen LogP contribution in [0.3, 0.4) is 0 Å². The lowest BCUT2D eigenvalue weighted by atomic mass is 9.94. The van der Waals surface area contributed by atoms with E-state index >= 15 is 0 Å². The zero-order chi connectivity index (χ0) is 17.2. The van der Waals surface area contributed by atoms with Crippen molar-refractivity contribution in [1.29, 1.82) is 0 Å². The first-order valence-corrected chi connectivity index (χ1v) is 9.23. The van der Waals surface area contributed by atoms with E-state index in [0.717, 1.165) is 23.8 Å².